The highest BCUT2D eigenvalue weighted by molar-refractivity contribution is 9.10. The lowest BCUT2D eigenvalue weighted by Crippen LogP contribution is -2.30. The molecule has 1 aromatic heterocycles. The quantitative estimate of drug-likeness (QED) is 0.256. The van der Waals surface area contributed by atoms with Crippen LogP contribution in [0.3, 0.4) is 0 Å². The molecule has 8 nitrogen and oxygen atoms in total. The molecular weight excluding hydrogens is 574 g/mol. The van der Waals surface area contributed by atoms with Crippen molar-refractivity contribution in [2.45, 2.75) is 45.8 Å². The van der Waals surface area contributed by atoms with Crippen LogP contribution in [0, 0.1) is 0 Å². The Morgan fingerprint density at radius 3 is 2.45 bits per heavy atom. The van der Waals surface area contributed by atoms with Gasteiger partial charge in [-0.1, -0.05) is 72.2 Å². The van der Waals surface area contributed by atoms with Crippen LogP contribution < -0.4 is 14.8 Å². The van der Waals surface area contributed by atoms with Crippen LogP contribution in [0.25, 0.3) is 0 Å². The average Bonchev–Trinajstić information content (AvgIpc) is 3.60. The predicted molar refractivity (Wildman–Crippen MR) is 153 cm³/mol. The zero-order valence-corrected chi connectivity index (χ0v) is 24.2. The smallest absolute Gasteiger partial charge is 0.273 e. The van der Waals surface area contributed by atoms with Gasteiger partial charge in [0.05, 0.1) is 6.54 Å². The fourth-order valence-electron chi connectivity index (χ4n) is 4.36. The van der Waals surface area contributed by atoms with Gasteiger partial charge in [-0.15, -0.1) is 0 Å². The molecule has 0 radical (unpaired) electrons. The summed E-state index contributed by atoms with van der Waals surface area (Å²) >= 11 is 3.50. The van der Waals surface area contributed by atoms with Gasteiger partial charge in [0.25, 0.3) is 11.8 Å². The second-order valence-electron chi connectivity index (χ2n) is 10.7. The molecule has 40 heavy (non-hydrogen) atoms. The van der Waals surface area contributed by atoms with Crippen LogP contribution in [0.15, 0.2) is 81.8 Å². The van der Waals surface area contributed by atoms with Gasteiger partial charge in [-0.25, -0.2) is 0 Å². The van der Waals surface area contributed by atoms with Crippen molar-refractivity contribution in [1.29, 1.82) is 0 Å². The van der Waals surface area contributed by atoms with Crippen LogP contribution in [0.1, 0.15) is 64.1 Å². The molecule has 2 heterocycles. The van der Waals surface area contributed by atoms with Crippen LogP contribution in [0.5, 0.6) is 11.5 Å². The minimum absolute atomic E-state index is 0.0167. The first-order chi connectivity index (χ1) is 19.2. The van der Waals surface area contributed by atoms with Crippen LogP contribution in [-0.2, 0) is 25.0 Å². The molecule has 5 rings (SSSR count). The molecule has 0 unspecified atom stereocenters. The summed E-state index contributed by atoms with van der Waals surface area (Å²) in [5, 5.41) is 6.80. The lowest BCUT2D eigenvalue weighted by atomic mass is 9.86. The van der Waals surface area contributed by atoms with Crippen molar-refractivity contribution in [3.8, 4) is 11.5 Å². The SMILES string of the molecule is CC(C)(C)c1ccc(C(=O)N(Cc2cccc(Br)c2)Cc2cc(C(=O)NCc3ccc4c(c3)OCO4)no2)cc1. The standard InChI is InChI=1S/C31H30BrN3O5/c1-31(2,3)23-10-8-22(9-11-23)30(37)35(17-21-5-4-6-24(32)13-21)18-25-15-26(34-40-25)29(36)33-16-20-7-12-27-28(14-20)39-19-38-27/h4-15H,16-19H2,1-3H3,(H,33,36). The molecule has 1 N–H and O–H groups in total. The van der Waals surface area contributed by atoms with Gasteiger partial charge in [0, 0.05) is 29.2 Å². The minimum atomic E-state index is -0.379. The van der Waals surface area contributed by atoms with E-state index in [1.165, 1.54) is 0 Å². The van der Waals surface area contributed by atoms with Crippen molar-refractivity contribution in [3.05, 3.63) is 111 Å². The van der Waals surface area contributed by atoms with Crippen molar-refractivity contribution in [3.63, 3.8) is 0 Å². The Kier molecular flexibility index (Phi) is 7.93. The van der Waals surface area contributed by atoms with Crippen LogP contribution >= 0.6 is 15.9 Å². The number of fused-ring (bicyclic) bond motifs is 1. The Morgan fingerprint density at radius 2 is 1.70 bits per heavy atom. The number of halogens is 1. The molecule has 0 saturated heterocycles. The summed E-state index contributed by atoms with van der Waals surface area (Å²) in [5.74, 6) is 1.21. The minimum Gasteiger partial charge on any atom is -0.454 e. The third-order valence-corrected chi connectivity index (χ3v) is 7.07. The van der Waals surface area contributed by atoms with Gasteiger partial charge < -0.3 is 24.2 Å². The van der Waals surface area contributed by atoms with Gasteiger partial charge in [0.15, 0.2) is 23.0 Å². The second kappa shape index (κ2) is 11.6. The average molecular weight is 605 g/mol. The first-order valence-corrected chi connectivity index (χ1v) is 13.7. The summed E-state index contributed by atoms with van der Waals surface area (Å²) in [6, 6.07) is 22.5. The number of hydrogen-bond acceptors (Lipinski definition) is 6. The molecule has 2 amide bonds. The van der Waals surface area contributed by atoms with Crippen LogP contribution in [0.2, 0.25) is 0 Å². The number of benzene rings is 3. The second-order valence-corrected chi connectivity index (χ2v) is 11.6. The molecule has 0 aliphatic carbocycles. The Hall–Kier alpha value is -4.11. The van der Waals surface area contributed by atoms with Gasteiger partial charge in [0.1, 0.15) is 0 Å². The van der Waals surface area contributed by atoms with Crippen molar-refractivity contribution in [2.24, 2.45) is 0 Å². The molecule has 206 valence electrons. The summed E-state index contributed by atoms with van der Waals surface area (Å²) < 4.78 is 17.1. The number of rotatable bonds is 8. The molecule has 1 aliphatic heterocycles. The summed E-state index contributed by atoms with van der Waals surface area (Å²) in [7, 11) is 0. The van der Waals surface area contributed by atoms with E-state index in [0.717, 1.165) is 21.2 Å². The van der Waals surface area contributed by atoms with Crippen LogP contribution in [-0.4, -0.2) is 28.7 Å². The van der Waals surface area contributed by atoms with E-state index in [2.05, 4.69) is 47.2 Å². The molecule has 1 aliphatic rings. The molecule has 9 heteroatoms. The van der Waals surface area contributed by atoms with Crippen molar-refractivity contribution in [2.75, 3.05) is 6.79 Å². The first kappa shape index (κ1) is 27.5. The monoisotopic (exact) mass is 603 g/mol. The Labute approximate surface area is 241 Å². The first-order valence-electron chi connectivity index (χ1n) is 12.9. The zero-order chi connectivity index (χ0) is 28.3. The molecule has 0 saturated carbocycles. The Balaban J connectivity index is 1.29. The van der Waals surface area contributed by atoms with Gasteiger partial charge in [-0.05, 0) is 58.5 Å². The summed E-state index contributed by atoms with van der Waals surface area (Å²) in [6.45, 7) is 7.38. The summed E-state index contributed by atoms with van der Waals surface area (Å²) in [4.78, 5) is 28.1. The molecule has 0 atom stereocenters. The fourth-order valence-corrected chi connectivity index (χ4v) is 4.80. The van der Waals surface area contributed by atoms with E-state index in [0.29, 0.717) is 29.4 Å². The lowest BCUT2D eigenvalue weighted by Gasteiger charge is -2.23. The van der Waals surface area contributed by atoms with E-state index < -0.39 is 0 Å². The molecule has 0 spiro atoms. The number of nitrogens with one attached hydrogen (secondary N) is 1. The number of ether oxygens (including phenoxy) is 2. The fraction of sp³-hybridized carbons (Fsp3) is 0.258. The summed E-state index contributed by atoms with van der Waals surface area (Å²) in [6.07, 6.45) is 0. The number of amides is 2. The topological polar surface area (TPSA) is 93.9 Å². The number of carbonyl (C=O) groups excluding carboxylic acids is 2. The number of carbonyl (C=O) groups is 2. The molecular formula is C31H30BrN3O5. The van der Waals surface area contributed by atoms with Crippen LogP contribution in [0.4, 0.5) is 0 Å². The Morgan fingerprint density at radius 1 is 0.925 bits per heavy atom. The zero-order valence-electron chi connectivity index (χ0n) is 22.6. The highest BCUT2D eigenvalue weighted by atomic mass is 79.9. The van der Waals surface area contributed by atoms with Crippen molar-refractivity contribution >= 4 is 27.7 Å². The highest BCUT2D eigenvalue weighted by Gasteiger charge is 2.22. The lowest BCUT2D eigenvalue weighted by molar-refractivity contribution is 0.0713. The number of aromatic nitrogens is 1. The van der Waals surface area contributed by atoms with Gasteiger partial charge in [-0.2, -0.15) is 0 Å². The third-order valence-electron chi connectivity index (χ3n) is 6.58. The Bertz CT molecular complexity index is 1520. The largest absolute Gasteiger partial charge is 0.454 e. The van der Waals surface area contributed by atoms with E-state index in [4.69, 9.17) is 14.0 Å². The normalized spacial score (nSPS) is 12.3. The molecule has 3 aromatic carbocycles. The van der Waals surface area contributed by atoms with E-state index in [-0.39, 0.29) is 42.8 Å². The number of hydrogen-bond donors (Lipinski definition) is 1. The third kappa shape index (κ3) is 6.54. The number of nitrogens with zero attached hydrogens (tertiary/aromatic N) is 2. The van der Waals surface area contributed by atoms with Gasteiger partial charge >= 0.3 is 0 Å². The molecule has 0 bridgehead atoms. The maximum atomic E-state index is 13.6. The summed E-state index contributed by atoms with van der Waals surface area (Å²) in [5.41, 5.74) is 3.66. The molecule has 0 fully saturated rings. The van der Waals surface area contributed by atoms with E-state index in [1.807, 2.05) is 66.7 Å². The maximum Gasteiger partial charge on any atom is 0.273 e. The van der Waals surface area contributed by atoms with E-state index in [1.54, 1.807) is 11.0 Å². The van der Waals surface area contributed by atoms with Gasteiger partial charge in [-0.3, -0.25) is 9.59 Å². The highest BCUT2D eigenvalue weighted by Crippen LogP contribution is 2.32. The van der Waals surface area contributed by atoms with Crippen molar-refractivity contribution < 1.29 is 23.6 Å². The van der Waals surface area contributed by atoms with E-state index >= 15 is 0 Å². The maximum absolute atomic E-state index is 13.6. The van der Waals surface area contributed by atoms with E-state index in [9.17, 15) is 9.59 Å². The van der Waals surface area contributed by atoms with Gasteiger partial charge in [0.2, 0.25) is 6.79 Å². The molecule has 4 aromatic rings. The van der Waals surface area contributed by atoms with Crippen molar-refractivity contribution in [1.82, 2.24) is 15.4 Å². The predicted octanol–water partition coefficient (Wildman–Crippen LogP) is 6.24.